The molecule has 3 rings (SSSR count). The third-order valence-corrected chi connectivity index (χ3v) is 4.95. The summed E-state index contributed by atoms with van der Waals surface area (Å²) in [5.74, 6) is -0.760. The highest BCUT2D eigenvalue weighted by molar-refractivity contribution is 5.98. The SMILES string of the molecule is CC(C)[C@H](NC(=O)c1ccc(F)cc1)C(=O)CCCc1c[nH]c2ccccc12. The average Bonchev–Trinajstić information content (AvgIpc) is 3.09. The lowest BCUT2D eigenvalue weighted by Gasteiger charge is -2.21. The molecule has 0 aliphatic rings. The van der Waals surface area contributed by atoms with Crippen molar-refractivity contribution in [1.82, 2.24) is 10.3 Å². The van der Waals surface area contributed by atoms with Gasteiger partial charge in [-0.1, -0.05) is 32.0 Å². The molecule has 1 heterocycles. The first-order chi connectivity index (χ1) is 13.5. The van der Waals surface area contributed by atoms with Crippen molar-refractivity contribution >= 4 is 22.6 Å². The summed E-state index contributed by atoms with van der Waals surface area (Å²) in [5.41, 5.74) is 2.63. The lowest BCUT2D eigenvalue weighted by molar-refractivity contribution is -0.121. The van der Waals surface area contributed by atoms with Crippen molar-refractivity contribution in [3.8, 4) is 0 Å². The van der Waals surface area contributed by atoms with Crippen LogP contribution < -0.4 is 5.32 Å². The van der Waals surface area contributed by atoms with Crippen LogP contribution in [0.1, 0.15) is 42.6 Å². The quantitative estimate of drug-likeness (QED) is 0.597. The van der Waals surface area contributed by atoms with Crippen LogP contribution in [0.3, 0.4) is 0 Å². The van der Waals surface area contributed by atoms with Crippen LogP contribution >= 0.6 is 0 Å². The standard InChI is InChI=1S/C23H25FN2O2/c1-15(2)22(26-23(28)16-10-12-18(24)13-11-16)21(27)9-5-6-17-14-25-20-8-4-3-7-19(17)20/h3-4,7-8,10-15,22,25H,5-6,9H2,1-2H3,(H,26,28)/t22-/m0/s1. The average molecular weight is 380 g/mol. The van der Waals surface area contributed by atoms with E-state index in [2.05, 4.69) is 16.4 Å². The molecule has 0 bridgehead atoms. The summed E-state index contributed by atoms with van der Waals surface area (Å²) >= 11 is 0. The second-order valence-electron chi connectivity index (χ2n) is 7.38. The van der Waals surface area contributed by atoms with Gasteiger partial charge in [0.15, 0.2) is 5.78 Å². The normalized spacial score (nSPS) is 12.3. The van der Waals surface area contributed by atoms with Gasteiger partial charge < -0.3 is 10.3 Å². The number of rotatable bonds is 8. The molecule has 0 radical (unpaired) electrons. The number of hydrogen-bond donors (Lipinski definition) is 2. The Morgan fingerprint density at radius 2 is 1.79 bits per heavy atom. The van der Waals surface area contributed by atoms with Crippen LogP contribution in [0.2, 0.25) is 0 Å². The van der Waals surface area contributed by atoms with E-state index in [0.717, 1.165) is 18.4 Å². The van der Waals surface area contributed by atoms with E-state index < -0.39 is 11.9 Å². The predicted molar refractivity (Wildman–Crippen MR) is 109 cm³/mol. The van der Waals surface area contributed by atoms with Crippen molar-refractivity contribution in [3.05, 3.63) is 71.7 Å². The maximum atomic E-state index is 13.0. The van der Waals surface area contributed by atoms with Crippen LogP contribution in [0.4, 0.5) is 4.39 Å². The van der Waals surface area contributed by atoms with Gasteiger partial charge in [0.05, 0.1) is 6.04 Å². The number of aryl methyl sites for hydroxylation is 1. The fourth-order valence-electron chi connectivity index (χ4n) is 3.39. The zero-order valence-electron chi connectivity index (χ0n) is 16.2. The summed E-state index contributed by atoms with van der Waals surface area (Å²) < 4.78 is 13.0. The molecule has 0 unspecified atom stereocenters. The predicted octanol–water partition coefficient (Wildman–Crippen LogP) is 4.65. The molecule has 3 aromatic rings. The number of H-pyrrole nitrogens is 1. The Hall–Kier alpha value is -2.95. The topological polar surface area (TPSA) is 62.0 Å². The summed E-state index contributed by atoms with van der Waals surface area (Å²) in [6.45, 7) is 3.82. The maximum Gasteiger partial charge on any atom is 0.251 e. The first-order valence-electron chi connectivity index (χ1n) is 9.60. The Labute approximate surface area is 164 Å². The minimum Gasteiger partial charge on any atom is -0.361 e. The van der Waals surface area contributed by atoms with E-state index in [1.54, 1.807) is 0 Å². The highest BCUT2D eigenvalue weighted by Gasteiger charge is 2.24. The van der Waals surface area contributed by atoms with E-state index in [4.69, 9.17) is 0 Å². The van der Waals surface area contributed by atoms with E-state index in [1.165, 1.54) is 35.2 Å². The van der Waals surface area contributed by atoms with Gasteiger partial charge in [-0.2, -0.15) is 0 Å². The molecule has 1 aromatic heterocycles. The summed E-state index contributed by atoms with van der Waals surface area (Å²) in [6, 6.07) is 12.9. The van der Waals surface area contributed by atoms with E-state index >= 15 is 0 Å². The number of Topliss-reactive ketones (excluding diaryl/α,β-unsaturated/α-hetero) is 1. The molecule has 1 amide bonds. The number of carbonyl (C=O) groups is 2. The molecule has 0 aliphatic heterocycles. The lowest BCUT2D eigenvalue weighted by Crippen LogP contribution is -2.44. The van der Waals surface area contributed by atoms with Crippen LogP contribution in [0.15, 0.2) is 54.7 Å². The minimum absolute atomic E-state index is 0.0188. The summed E-state index contributed by atoms with van der Waals surface area (Å²) in [4.78, 5) is 28.4. The first-order valence-corrected chi connectivity index (χ1v) is 9.60. The molecular weight excluding hydrogens is 355 g/mol. The summed E-state index contributed by atoms with van der Waals surface area (Å²) in [7, 11) is 0. The maximum absolute atomic E-state index is 13.0. The third kappa shape index (κ3) is 4.66. The lowest BCUT2D eigenvalue weighted by atomic mass is 9.95. The Morgan fingerprint density at radius 3 is 2.50 bits per heavy atom. The van der Waals surface area contributed by atoms with Crippen molar-refractivity contribution in [3.63, 3.8) is 0 Å². The number of nitrogens with one attached hydrogen (secondary N) is 2. The Bertz CT molecular complexity index is 960. The van der Waals surface area contributed by atoms with Crippen molar-refractivity contribution < 1.29 is 14.0 Å². The molecule has 146 valence electrons. The number of fused-ring (bicyclic) bond motifs is 1. The van der Waals surface area contributed by atoms with E-state index in [1.807, 2.05) is 38.2 Å². The molecule has 0 saturated carbocycles. The highest BCUT2D eigenvalue weighted by atomic mass is 19.1. The summed E-state index contributed by atoms with van der Waals surface area (Å²) in [6.07, 6.45) is 3.90. The van der Waals surface area contributed by atoms with Crippen LogP contribution in [-0.4, -0.2) is 22.7 Å². The summed E-state index contributed by atoms with van der Waals surface area (Å²) in [5, 5.41) is 3.99. The number of hydrogen-bond acceptors (Lipinski definition) is 2. The van der Waals surface area contributed by atoms with Gasteiger partial charge >= 0.3 is 0 Å². The number of ketones is 1. The van der Waals surface area contributed by atoms with Gasteiger partial charge in [0, 0.05) is 29.1 Å². The van der Waals surface area contributed by atoms with Crippen molar-refractivity contribution in [1.29, 1.82) is 0 Å². The molecule has 5 heteroatoms. The number of para-hydroxylation sites is 1. The molecule has 0 saturated heterocycles. The first kappa shape index (κ1) is 19.8. The van der Waals surface area contributed by atoms with Gasteiger partial charge in [-0.3, -0.25) is 9.59 Å². The molecule has 28 heavy (non-hydrogen) atoms. The molecular formula is C23H25FN2O2. The molecule has 0 aliphatic carbocycles. The number of carbonyl (C=O) groups excluding carboxylic acids is 2. The monoisotopic (exact) mass is 380 g/mol. The van der Waals surface area contributed by atoms with Gasteiger partial charge in [0.25, 0.3) is 5.91 Å². The number of aromatic amines is 1. The van der Waals surface area contributed by atoms with Gasteiger partial charge in [-0.05, 0) is 54.7 Å². The van der Waals surface area contributed by atoms with Crippen LogP contribution in [-0.2, 0) is 11.2 Å². The van der Waals surface area contributed by atoms with E-state index in [0.29, 0.717) is 12.0 Å². The minimum atomic E-state index is -0.555. The Morgan fingerprint density at radius 1 is 1.07 bits per heavy atom. The van der Waals surface area contributed by atoms with Crippen molar-refractivity contribution in [2.45, 2.75) is 39.2 Å². The zero-order valence-corrected chi connectivity index (χ0v) is 16.2. The Balaban J connectivity index is 1.58. The number of benzene rings is 2. The molecule has 1 atom stereocenters. The zero-order chi connectivity index (χ0) is 20.1. The molecule has 0 fully saturated rings. The van der Waals surface area contributed by atoms with Gasteiger partial charge in [0.1, 0.15) is 5.82 Å². The van der Waals surface area contributed by atoms with Gasteiger partial charge in [-0.25, -0.2) is 4.39 Å². The molecule has 4 nitrogen and oxygen atoms in total. The largest absolute Gasteiger partial charge is 0.361 e. The molecule has 2 aromatic carbocycles. The smallest absolute Gasteiger partial charge is 0.251 e. The van der Waals surface area contributed by atoms with Crippen LogP contribution in [0.25, 0.3) is 10.9 Å². The molecule has 2 N–H and O–H groups in total. The van der Waals surface area contributed by atoms with Crippen LogP contribution in [0, 0.1) is 11.7 Å². The van der Waals surface area contributed by atoms with Gasteiger partial charge in [0.2, 0.25) is 0 Å². The molecule has 0 spiro atoms. The second kappa shape index (κ2) is 8.83. The van der Waals surface area contributed by atoms with Crippen LogP contribution in [0.5, 0.6) is 0 Å². The Kier molecular flexibility index (Phi) is 6.24. The fourth-order valence-corrected chi connectivity index (χ4v) is 3.39. The van der Waals surface area contributed by atoms with Crippen molar-refractivity contribution in [2.24, 2.45) is 5.92 Å². The van der Waals surface area contributed by atoms with E-state index in [-0.39, 0.29) is 17.6 Å². The number of amides is 1. The van der Waals surface area contributed by atoms with E-state index in [9.17, 15) is 14.0 Å². The number of halogens is 1. The van der Waals surface area contributed by atoms with Crippen molar-refractivity contribution in [2.75, 3.05) is 0 Å². The second-order valence-corrected chi connectivity index (χ2v) is 7.38. The highest BCUT2D eigenvalue weighted by Crippen LogP contribution is 2.20. The fraction of sp³-hybridized carbons (Fsp3) is 0.304. The number of aromatic nitrogens is 1. The van der Waals surface area contributed by atoms with Gasteiger partial charge in [-0.15, -0.1) is 0 Å². The third-order valence-electron chi connectivity index (χ3n) is 4.95.